The molecule has 2 aromatic rings. The van der Waals surface area contributed by atoms with Crippen LogP contribution < -0.4 is 11.6 Å². The highest BCUT2D eigenvalue weighted by Gasteiger charge is 2.39. The summed E-state index contributed by atoms with van der Waals surface area (Å²) < 4.78 is 46.3. The SMILES string of the molecule is CN(CCCC1CC(N(N)/C=C(\N)c2cc(F)c(F)c(F)c2)C(O)C(CO)O1)Cc1ccccc1Cl. The molecule has 1 aliphatic rings. The van der Waals surface area contributed by atoms with Gasteiger partial charge in [-0.1, -0.05) is 29.8 Å². The van der Waals surface area contributed by atoms with Crippen molar-refractivity contribution in [3.63, 3.8) is 0 Å². The Bertz CT molecular complexity index is 1040. The summed E-state index contributed by atoms with van der Waals surface area (Å²) in [5.41, 5.74) is 6.75. The molecule has 0 radical (unpaired) electrons. The Balaban J connectivity index is 1.61. The fourth-order valence-corrected chi connectivity index (χ4v) is 4.51. The minimum Gasteiger partial charge on any atom is -0.397 e. The van der Waals surface area contributed by atoms with Gasteiger partial charge in [0, 0.05) is 23.3 Å². The van der Waals surface area contributed by atoms with Crippen molar-refractivity contribution >= 4 is 17.3 Å². The average Bonchev–Trinajstić information content (AvgIpc) is 2.84. The van der Waals surface area contributed by atoms with Crippen LogP contribution in [0.2, 0.25) is 5.02 Å². The first kappa shape index (κ1) is 28.2. The van der Waals surface area contributed by atoms with Gasteiger partial charge < -0.3 is 30.6 Å². The number of hydrogen-bond acceptors (Lipinski definition) is 7. The lowest BCUT2D eigenvalue weighted by Crippen LogP contribution is -2.57. The molecule has 11 heteroatoms. The van der Waals surface area contributed by atoms with Crippen molar-refractivity contribution in [2.45, 2.75) is 50.2 Å². The fourth-order valence-electron chi connectivity index (χ4n) is 4.31. The van der Waals surface area contributed by atoms with E-state index in [9.17, 15) is 23.4 Å². The molecule has 0 spiro atoms. The van der Waals surface area contributed by atoms with Gasteiger partial charge in [0.2, 0.25) is 0 Å². The van der Waals surface area contributed by atoms with Gasteiger partial charge in [-0.25, -0.2) is 19.0 Å². The number of hydrazine groups is 1. The number of benzene rings is 2. The molecule has 36 heavy (non-hydrogen) atoms. The molecule has 6 N–H and O–H groups in total. The van der Waals surface area contributed by atoms with Gasteiger partial charge in [-0.05, 0) is 56.6 Å². The molecule has 0 saturated carbocycles. The van der Waals surface area contributed by atoms with E-state index >= 15 is 0 Å². The van der Waals surface area contributed by atoms with E-state index in [1.807, 2.05) is 31.3 Å². The van der Waals surface area contributed by atoms with Crippen LogP contribution in [-0.4, -0.2) is 64.7 Å². The molecule has 1 aliphatic heterocycles. The highest BCUT2D eigenvalue weighted by atomic mass is 35.5. The van der Waals surface area contributed by atoms with Gasteiger partial charge in [0.25, 0.3) is 0 Å². The molecule has 4 unspecified atom stereocenters. The van der Waals surface area contributed by atoms with Gasteiger partial charge in [-0.2, -0.15) is 0 Å². The predicted octanol–water partition coefficient (Wildman–Crippen LogP) is 2.98. The van der Waals surface area contributed by atoms with Crippen molar-refractivity contribution < 1.29 is 28.1 Å². The van der Waals surface area contributed by atoms with Crippen LogP contribution >= 0.6 is 11.6 Å². The molecule has 1 heterocycles. The van der Waals surface area contributed by atoms with Crippen LogP contribution in [0.15, 0.2) is 42.6 Å². The van der Waals surface area contributed by atoms with Gasteiger partial charge in [0.1, 0.15) is 12.2 Å². The van der Waals surface area contributed by atoms with E-state index in [-0.39, 0.29) is 17.4 Å². The van der Waals surface area contributed by atoms with E-state index in [0.717, 1.165) is 35.7 Å². The summed E-state index contributed by atoms with van der Waals surface area (Å²) in [6, 6.07) is 8.49. The summed E-state index contributed by atoms with van der Waals surface area (Å²) in [5.74, 6) is 1.78. The zero-order chi connectivity index (χ0) is 26.4. The Morgan fingerprint density at radius 3 is 2.53 bits per heavy atom. The van der Waals surface area contributed by atoms with Crippen LogP contribution in [0.5, 0.6) is 0 Å². The highest BCUT2D eigenvalue weighted by molar-refractivity contribution is 6.31. The normalized spacial score (nSPS) is 22.8. The second-order valence-corrected chi connectivity index (χ2v) is 9.44. The van der Waals surface area contributed by atoms with E-state index < -0.39 is 42.3 Å². The molecular weight excluding hydrogens is 497 g/mol. The Hall–Kier alpha value is -2.34. The Morgan fingerprint density at radius 1 is 1.22 bits per heavy atom. The van der Waals surface area contributed by atoms with E-state index in [4.69, 9.17) is 27.9 Å². The first-order chi connectivity index (χ1) is 17.1. The molecule has 0 bridgehead atoms. The standard InChI is InChI=1S/C25H32ClF3N4O3/c1-32(12-15-5-2-3-7-18(15)26)8-4-6-17-11-22(25(35)23(14-34)36-17)33(31)13-21(30)16-9-19(27)24(29)20(28)10-16/h2-3,5,7,9-10,13,17,22-23,25,34-35H,4,6,8,11-12,14,30-31H2,1H3/b21-13-. The van der Waals surface area contributed by atoms with Crippen molar-refractivity contribution in [2.24, 2.45) is 11.6 Å². The van der Waals surface area contributed by atoms with Gasteiger partial charge in [-0.3, -0.25) is 0 Å². The van der Waals surface area contributed by atoms with Crippen LogP contribution in [0, 0.1) is 17.5 Å². The molecule has 1 fully saturated rings. The average molecular weight is 529 g/mol. The summed E-state index contributed by atoms with van der Waals surface area (Å²) in [5, 5.41) is 22.2. The van der Waals surface area contributed by atoms with Crippen LogP contribution in [0.3, 0.4) is 0 Å². The molecule has 0 aliphatic carbocycles. The number of rotatable bonds is 10. The van der Waals surface area contributed by atoms with Crippen molar-refractivity contribution in [1.82, 2.24) is 9.91 Å². The lowest BCUT2D eigenvalue weighted by atomic mass is 9.93. The third-order valence-corrected chi connectivity index (χ3v) is 6.65. The number of nitrogens with two attached hydrogens (primary N) is 2. The van der Waals surface area contributed by atoms with Crippen molar-refractivity contribution in [2.75, 3.05) is 20.2 Å². The molecule has 0 aromatic heterocycles. The van der Waals surface area contributed by atoms with E-state index in [0.29, 0.717) is 24.4 Å². The first-order valence-corrected chi connectivity index (χ1v) is 12.0. The molecule has 4 atom stereocenters. The Morgan fingerprint density at radius 2 is 1.89 bits per heavy atom. The zero-order valence-corrected chi connectivity index (χ0v) is 20.7. The molecule has 1 saturated heterocycles. The van der Waals surface area contributed by atoms with Crippen molar-refractivity contribution in [3.05, 3.63) is 76.2 Å². The molecular formula is C25H32ClF3N4O3. The van der Waals surface area contributed by atoms with E-state index in [1.54, 1.807) is 0 Å². The maximum atomic E-state index is 13.6. The quantitative estimate of drug-likeness (QED) is 0.213. The number of hydrogen-bond donors (Lipinski definition) is 4. The molecule has 3 rings (SSSR count). The van der Waals surface area contributed by atoms with E-state index in [2.05, 4.69) is 4.90 Å². The molecule has 7 nitrogen and oxygen atoms in total. The Labute approximate surface area is 213 Å². The number of ether oxygens (including phenoxy) is 1. The third-order valence-electron chi connectivity index (χ3n) is 6.28. The minimum atomic E-state index is -1.60. The van der Waals surface area contributed by atoms with Crippen LogP contribution in [-0.2, 0) is 11.3 Å². The van der Waals surface area contributed by atoms with Gasteiger partial charge in [0.05, 0.1) is 24.4 Å². The molecule has 2 aromatic carbocycles. The summed E-state index contributed by atoms with van der Waals surface area (Å²) in [6.07, 6.45) is 0.676. The van der Waals surface area contributed by atoms with E-state index in [1.165, 1.54) is 6.20 Å². The van der Waals surface area contributed by atoms with Gasteiger partial charge in [0.15, 0.2) is 17.5 Å². The van der Waals surface area contributed by atoms with Crippen LogP contribution in [0.4, 0.5) is 13.2 Å². The predicted molar refractivity (Wildman–Crippen MR) is 132 cm³/mol. The number of nitrogens with zero attached hydrogens (tertiary/aromatic N) is 2. The number of aliphatic hydroxyl groups is 2. The zero-order valence-electron chi connectivity index (χ0n) is 20.0. The van der Waals surface area contributed by atoms with Gasteiger partial charge in [-0.15, -0.1) is 0 Å². The summed E-state index contributed by atoms with van der Waals surface area (Å²) in [7, 11) is 1.99. The molecule has 198 valence electrons. The first-order valence-electron chi connectivity index (χ1n) is 11.6. The second-order valence-electron chi connectivity index (χ2n) is 9.03. The lowest BCUT2D eigenvalue weighted by Gasteiger charge is -2.42. The summed E-state index contributed by atoms with van der Waals surface area (Å²) in [6.45, 7) is 1.04. The second kappa shape index (κ2) is 12.8. The smallest absolute Gasteiger partial charge is 0.194 e. The highest BCUT2D eigenvalue weighted by Crippen LogP contribution is 2.27. The van der Waals surface area contributed by atoms with Crippen LogP contribution in [0.25, 0.3) is 5.70 Å². The third kappa shape index (κ3) is 7.12. The topological polar surface area (TPSA) is 108 Å². The maximum Gasteiger partial charge on any atom is 0.194 e. The van der Waals surface area contributed by atoms with Crippen molar-refractivity contribution in [1.29, 1.82) is 0 Å². The monoisotopic (exact) mass is 528 g/mol. The summed E-state index contributed by atoms with van der Waals surface area (Å²) in [4.78, 5) is 2.14. The maximum absolute atomic E-state index is 13.6. The van der Waals surface area contributed by atoms with Crippen LogP contribution in [0.1, 0.15) is 30.4 Å². The molecule has 0 amide bonds. The summed E-state index contributed by atoms with van der Waals surface area (Å²) >= 11 is 6.23. The Kier molecular flexibility index (Phi) is 10.0. The fraction of sp³-hybridized carbons (Fsp3) is 0.440. The largest absolute Gasteiger partial charge is 0.397 e. The lowest BCUT2D eigenvalue weighted by molar-refractivity contribution is -0.163. The minimum absolute atomic E-state index is 0.0970. The number of aliphatic hydroxyl groups excluding tert-OH is 2. The number of halogens is 4. The van der Waals surface area contributed by atoms with Crippen molar-refractivity contribution in [3.8, 4) is 0 Å². The van der Waals surface area contributed by atoms with Gasteiger partial charge >= 0.3 is 0 Å².